The number of anilines is 1. The highest BCUT2D eigenvalue weighted by Crippen LogP contribution is 2.49. The molecule has 4 atom stereocenters. The zero-order chi connectivity index (χ0) is 43.6. The van der Waals surface area contributed by atoms with E-state index >= 15 is 0 Å². The highest BCUT2D eigenvalue weighted by atomic mass is 16.2. The van der Waals surface area contributed by atoms with Crippen LogP contribution in [0.3, 0.4) is 0 Å². The molecule has 6 amide bonds. The van der Waals surface area contributed by atoms with Gasteiger partial charge in [-0.15, -0.1) is 0 Å². The number of hydrogen-bond acceptors (Lipinski definition) is 10. The summed E-state index contributed by atoms with van der Waals surface area (Å²) in [6.07, 6.45) is 2.74. The molecular weight excluding hydrogens is 777 g/mol. The van der Waals surface area contributed by atoms with Crippen LogP contribution in [0.5, 0.6) is 0 Å². The fraction of sp³-hybridized carbons (Fsp3) is 0.467. The van der Waals surface area contributed by atoms with E-state index in [2.05, 4.69) is 79.6 Å². The third-order valence-electron chi connectivity index (χ3n) is 12.1. The van der Waals surface area contributed by atoms with Gasteiger partial charge in [0.2, 0.25) is 11.3 Å². The van der Waals surface area contributed by atoms with Crippen LogP contribution >= 0.6 is 0 Å². The lowest BCUT2D eigenvalue weighted by atomic mass is 9.57. The molecule has 61 heavy (non-hydrogen) atoms. The minimum atomic E-state index is -1.87. The van der Waals surface area contributed by atoms with Crippen LogP contribution in [0.4, 0.5) is 16.2 Å². The fourth-order valence-corrected chi connectivity index (χ4v) is 8.50. The SMILES string of the molecule is CCN(CC)CCCNC(=O)c1cc(NC(=O)c2ccc(N=NC3(C(=O)c4ccccc4)C(=O)NC34CCC3NC(=O)NC3C4)cc2)cc(C(=O)NCCCN(CC)CC)c1. The van der Waals surface area contributed by atoms with Gasteiger partial charge < -0.3 is 41.7 Å². The van der Waals surface area contributed by atoms with E-state index in [1.165, 1.54) is 18.2 Å². The van der Waals surface area contributed by atoms with Gasteiger partial charge >= 0.3 is 6.03 Å². The molecule has 16 nitrogen and oxygen atoms in total. The summed E-state index contributed by atoms with van der Waals surface area (Å²) in [6, 6.07) is 18.6. The van der Waals surface area contributed by atoms with Crippen LogP contribution in [-0.4, -0.2) is 121 Å². The van der Waals surface area contributed by atoms with E-state index in [1.807, 2.05) is 0 Å². The van der Waals surface area contributed by atoms with E-state index in [-0.39, 0.29) is 52.3 Å². The molecule has 0 radical (unpaired) electrons. The highest BCUT2D eigenvalue weighted by molar-refractivity contribution is 6.23. The fourth-order valence-electron chi connectivity index (χ4n) is 8.50. The van der Waals surface area contributed by atoms with E-state index < -0.39 is 28.7 Å². The molecule has 2 saturated heterocycles. The molecule has 1 spiro atoms. The summed E-state index contributed by atoms with van der Waals surface area (Å²) < 4.78 is 0. The Morgan fingerprint density at radius 2 is 1.28 bits per heavy atom. The highest BCUT2D eigenvalue weighted by Gasteiger charge is 2.73. The van der Waals surface area contributed by atoms with Crippen molar-refractivity contribution < 1.29 is 28.8 Å². The van der Waals surface area contributed by atoms with Crippen molar-refractivity contribution in [2.24, 2.45) is 10.2 Å². The van der Waals surface area contributed by atoms with Gasteiger partial charge in [0, 0.05) is 41.0 Å². The van der Waals surface area contributed by atoms with Crippen LogP contribution in [-0.2, 0) is 4.79 Å². The molecule has 2 aliphatic heterocycles. The zero-order valence-corrected chi connectivity index (χ0v) is 35.5. The molecule has 324 valence electrons. The van der Waals surface area contributed by atoms with Gasteiger partial charge in [0.05, 0.1) is 23.3 Å². The van der Waals surface area contributed by atoms with Crippen molar-refractivity contribution in [3.05, 3.63) is 95.1 Å². The van der Waals surface area contributed by atoms with Crippen LogP contribution in [0.1, 0.15) is 101 Å². The number of urea groups is 1. The van der Waals surface area contributed by atoms with E-state index in [0.717, 1.165) is 52.1 Å². The normalized spacial score (nSPS) is 21.7. The lowest BCUT2D eigenvalue weighted by molar-refractivity contribution is -0.143. The van der Waals surface area contributed by atoms with Crippen LogP contribution < -0.4 is 31.9 Å². The molecular formula is C45H58N10O6. The Hall–Kier alpha value is -6.00. The van der Waals surface area contributed by atoms with Gasteiger partial charge in [0.1, 0.15) is 0 Å². The van der Waals surface area contributed by atoms with E-state index in [4.69, 9.17) is 0 Å². The Labute approximate surface area is 357 Å². The van der Waals surface area contributed by atoms with Crippen molar-refractivity contribution in [2.75, 3.05) is 57.7 Å². The minimum Gasteiger partial charge on any atom is -0.352 e. The Bertz CT molecular complexity index is 2060. The smallest absolute Gasteiger partial charge is 0.315 e. The summed E-state index contributed by atoms with van der Waals surface area (Å²) in [5.41, 5.74) is -1.34. The largest absolute Gasteiger partial charge is 0.352 e. The number of azo groups is 1. The molecule has 3 aliphatic rings. The second kappa shape index (κ2) is 20.0. The van der Waals surface area contributed by atoms with Crippen LogP contribution in [0.25, 0.3) is 0 Å². The number of amides is 6. The Morgan fingerprint density at radius 1 is 0.705 bits per heavy atom. The molecule has 1 saturated carbocycles. The molecule has 3 fully saturated rings. The summed E-state index contributed by atoms with van der Waals surface area (Å²) in [5, 5.41) is 26.4. The topological polar surface area (TPSA) is 206 Å². The molecule has 3 aromatic carbocycles. The molecule has 6 rings (SSSR count). The number of nitrogens with zero attached hydrogens (tertiary/aromatic N) is 4. The van der Waals surface area contributed by atoms with Crippen molar-refractivity contribution in [2.45, 2.75) is 83.0 Å². The Balaban J connectivity index is 1.19. The van der Waals surface area contributed by atoms with E-state index in [1.54, 1.807) is 54.6 Å². The van der Waals surface area contributed by atoms with Crippen molar-refractivity contribution in [1.29, 1.82) is 0 Å². The summed E-state index contributed by atoms with van der Waals surface area (Å²) in [6.45, 7) is 14.6. The second-order valence-electron chi connectivity index (χ2n) is 15.8. The minimum absolute atomic E-state index is 0.126. The number of fused-ring (bicyclic) bond motifs is 1. The molecule has 0 aromatic heterocycles. The summed E-state index contributed by atoms with van der Waals surface area (Å²) in [7, 11) is 0. The van der Waals surface area contributed by atoms with Crippen molar-refractivity contribution >= 4 is 46.8 Å². The predicted octanol–water partition coefficient (Wildman–Crippen LogP) is 4.67. The van der Waals surface area contributed by atoms with E-state index in [0.29, 0.717) is 43.6 Å². The summed E-state index contributed by atoms with van der Waals surface area (Å²) >= 11 is 0. The van der Waals surface area contributed by atoms with E-state index in [9.17, 15) is 28.8 Å². The van der Waals surface area contributed by atoms with Gasteiger partial charge in [-0.2, -0.15) is 10.2 Å². The van der Waals surface area contributed by atoms with Gasteiger partial charge in [0.15, 0.2) is 0 Å². The quantitative estimate of drug-likeness (QED) is 0.0310. The van der Waals surface area contributed by atoms with Gasteiger partial charge in [-0.1, -0.05) is 58.0 Å². The lowest BCUT2D eigenvalue weighted by Gasteiger charge is -2.57. The molecule has 1 aliphatic carbocycles. The van der Waals surface area contributed by atoms with Crippen molar-refractivity contribution in [3.63, 3.8) is 0 Å². The number of carbonyl (C=O) groups excluding carboxylic acids is 6. The zero-order valence-electron chi connectivity index (χ0n) is 35.5. The number of rotatable bonds is 20. The molecule has 6 N–H and O–H groups in total. The first-order chi connectivity index (χ1) is 29.4. The summed E-state index contributed by atoms with van der Waals surface area (Å²) in [4.78, 5) is 84.9. The van der Waals surface area contributed by atoms with Gasteiger partial charge in [-0.3, -0.25) is 24.0 Å². The lowest BCUT2D eigenvalue weighted by Crippen LogP contribution is -2.85. The third-order valence-corrected chi connectivity index (χ3v) is 12.1. The molecule has 0 bridgehead atoms. The first-order valence-electron chi connectivity index (χ1n) is 21.5. The Morgan fingerprint density at radius 3 is 1.84 bits per heavy atom. The maximum Gasteiger partial charge on any atom is 0.315 e. The van der Waals surface area contributed by atoms with Crippen LogP contribution in [0.15, 0.2) is 83.0 Å². The predicted molar refractivity (Wildman–Crippen MR) is 232 cm³/mol. The number of carbonyl (C=O) groups is 6. The van der Waals surface area contributed by atoms with Crippen molar-refractivity contribution in [1.82, 2.24) is 36.4 Å². The van der Waals surface area contributed by atoms with Gasteiger partial charge in [-0.25, -0.2) is 4.79 Å². The standard InChI is InChI=1S/C45H58N10O6/c1-5-54(6-2)24-12-22-46-39(57)32-26-33(40(58)47-23-13-25-55(7-3)8-4)28-35(27-32)48-41(59)31-16-18-34(19-17-31)52-53-45(38(56)30-14-10-9-11-15-30)42(60)51-44(45)21-20-36-37(29-44)50-43(61)49-36/h9-11,14-19,26-28,36-37H,5-8,12-13,20-25,29H2,1-4H3,(H,46,57)(H,47,58)(H,48,59)(H,51,60)(H2,49,50,61). The monoisotopic (exact) mass is 834 g/mol. The maximum absolute atomic E-state index is 14.3. The van der Waals surface area contributed by atoms with Crippen LogP contribution in [0, 0.1) is 0 Å². The van der Waals surface area contributed by atoms with Crippen LogP contribution in [0.2, 0.25) is 0 Å². The molecule has 4 unspecified atom stereocenters. The first-order valence-corrected chi connectivity index (χ1v) is 21.5. The molecule has 16 heteroatoms. The number of benzene rings is 3. The molecule has 2 heterocycles. The summed E-state index contributed by atoms with van der Waals surface area (Å²) in [5.74, 6) is -2.27. The number of nitrogens with one attached hydrogen (secondary N) is 6. The average molecular weight is 835 g/mol. The number of Topliss-reactive ketones (excluding diaryl/α,β-unsaturated/α-hetero) is 1. The van der Waals surface area contributed by atoms with Crippen molar-refractivity contribution in [3.8, 4) is 0 Å². The molecule has 3 aromatic rings. The average Bonchev–Trinajstić information content (AvgIpc) is 3.65. The second-order valence-corrected chi connectivity index (χ2v) is 15.8. The number of β-lactam (4-membered cyclic amide) rings is 1. The number of hydrogen-bond donors (Lipinski definition) is 6. The maximum atomic E-state index is 14.3. The Kier molecular flexibility index (Phi) is 14.6. The van der Waals surface area contributed by atoms with Gasteiger partial charge in [0.25, 0.3) is 23.6 Å². The van der Waals surface area contributed by atoms with Gasteiger partial charge in [-0.05, 0) is 114 Å². The first kappa shape index (κ1) is 44.5. The third kappa shape index (κ3) is 9.97. The number of ketones is 1.